The van der Waals surface area contributed by atoms with E-state index in [2.05, 4.69) is 20.6 Å². The lowest BCUT2D eigenvalue weighted by Crippen LogP contribution is -2.15. The molecule has 3 aromatic rings. The van der Waals surface area contributed by atoms with Gasteiger partial charge in [-0.25, -0.2) is 9.97 Å². The lowest BCUT2D eigenvalue weighted by Gasteiger charge is -2.10. The SMILES string of the molecule is COc1cccc(CNc2ncc(C(=O)Nc3ccc(C)cc3)c(C)n2)c1. The summed E-state index contributed by atoms with van der Waals surface area (Å²) >= 11 is 0. The molecule has 138 valence electrons. The van der Waals surface area contributed by atoms with Crippen molar-refractivity contribution in [3.05, 3.63) is 77.1 Å². The number of nitrogens with one attached hydrogen (secondary N) is 2. The second-order valence-electron chi connectivity index (χ2n) is 6.22. The van der Waals surface area contributed by atoms with Crippen LogP contribution in [0.15, 0.2) is 54.7 Å². The Bertz CT molecular complexity index is 939. The number of methoxy groups -OCH3 is 1. The maximum absolute atomic E-state index is 12.5. The zero-order valence-corrected chi connectivity index (χ0v) is 15.6. The molecule has 1 amide bonds. The third-order valence-corrected chi connectivity index (χ3v) is 4.12. The van der Waals surface area contributed by atoms with Crippen molar-refractivity contribution in [1.29, 1.82) is 0 Å². The van der Waals surface area contributed by atoms with Gasteiger partial charge in [0.15, 0.2) is 0 Å². The highest BCUT2D eigenvalue weighted by atomic mass is 16.5. The van der Waals surface area contributed by atoms with Crippen molar-refractivity contribution in [3.8, 4) is 5.75 Å². The topological polar surface area (TPSA) is 76.1 Å². The zero-order chi connectivity index (χ0) is 19.2. The van der Waals surface area contributed by atoms with Crippen LogP contribution in [-0.4, -0.2) is 23.0 Å². The quantitative estimate of drug-likeness (QED) is 0.694. The maximum atomic E-state index is 12.5. The molecule has 0 unspecified atom stereocenters. The van der Waals surface area contributed by atoms with E-state index >= 15 is 0 Å². The molecule has 0 saturated heterocycles. The van der Waals surface area contributed by atoms with Gasteiger partial charge in [0.2, 0.25) is 5.95 Å². The Labute approximate surface area is 158 Å². The number of aromatic nitrogens is 2. The maximum Gasteiger partial charge on any atom is 0.259 e. The smallest absolute Gasteiger partial charge is 0.259 e. The van der Waals surface area contributed by atoms with Crippen molar-refractivity contribution >= 4 is 17.5 Å². The van der Waals surface area contributed by atoms with Gasteiger partial charge in [0.05, 0.1) is 18.4 Å². The molecular formula is C21H22N4O2. The highest BCUT2D eigenvalue weighted by molar-refractivity contribution is 6.04. The summed E-state index contributed by atoms with van der Waals surface area (Å²) in [6.45, 7) is 4.36. The Kier molecular flexibility index (Phi) is 5.66. The van der Waals surface area contributed by atoms with Crippen LogP contribution in [0.4, 0.5) is 11.6 Å². The molecule has 2 aromatic carbocycles. The van der Waals surface area contributed by atoms with E-state index in [1.807, 2.05) is 55.5 Å². The molecule has 0 atom stereocenters. The van der Waals surface area contributed by atoms with Gasteiger partial charge in [-0.3, -0.25) is 4.79 Å². The highest BCUT2D eigenvalue weighted by Crippen LogP contribution is 2.15. The summed E-state index contributed by atoms with van der Waals surface area (Å²) in [6, 6.07) is 15.4. The third kappa shape index (κ3) is 4.82. The fourth-order valence-corrected chi connectivity index (χ4v) is 2.57. The summed E-state index contributed by atoms with van der Waals surface area (Å²) in [5.74, 6) is 1.05. The summed E-state index contributed by atoms with van der Waals surface area (Å²) in [7, 11) is 1.64. The first kappa shape index (κ1) is 18.4. The minimum atomic E-state index is -0.226. The van der Waals surface area contributed by atoms with Gasteiger partial charge in [-0.1, -0.05) is 29.8 Å². The van der Waals surface area contributed by atoms with Crippen LogP contribution in [0.1, 0.15) is 27.2 Å². The molecule has 0 aliphatic rings. The van der Waals surface area contributed by atoms with Gasteiger partial charge in [-0.15, -0.1) is 0 Å². The van der Waals surface area contributed by atoms with E-state index in [1.165, 1.54) is 0 Å². The number of hydrogen-bond acceptors (Lipinski definition) is 5. The minimum absolute atomic E-state index is 0.226. The summed E-state index contributed by atoms with van der Waals surface area (Å²) in [6.07, 6.45) is 1.54. The molecule has 1 aromatic heterocycles. The Morgan fingerprint density at radius 2 is 1.89 bits per heavy atom. The predicted octanol–water partition coefficient (Wildman–Crippen LogP) is 3.97. The monoisotopic (exact) mass is 362 g/mol. The normalized spacial score (nSPS) is 10.3. The molecule has 0 aliphatic heterocycles. The van der Waals surface area contributed by atoms with Crippen molar-refractivity contribution in [2.24, 2.45) is 0 Å². The molecule has 0 aliphatic carbocycles. The minimum Gasteiger partial charge on any atom is -0.497 e. The van der Waals surface area contributed by atoms with E-state index < -0.39 is 0 Å². The number of amides is 1. The van der Waals surface area contributed by atoms with E-state index in [0.29, 0.717) is 23.8 Å². The number of ether oxygens (including phenoxy) is 1. The van der Waals surface area contributed by atoms with Crippen LogP contribution in [-0.2, 0) is 6.54 Å². The van der Waals surface area contributed by atoms with Crippen LogP contribution < -0.4 is 15.4 Å². The van der Waals surface area contributed by atoms with Gasteiger partial charge in [0.25, 0.3) is 5.91 Å². The summed E-state index contributed by atoms with van der Waals surface area (Å²) < 4.78 is 5.22. The fourth-order valence-electron chi connectivity index (χ4n) is 2.57. The van der Waals surface area contributed by atoms with Crippen molar-refractivity contribution < 1.29 is 9.53 Å². The number of benzene rings is 2. The standard InChI is InChI=1S/C21H22N4O2/c1-14-7-9-17(10-8-14)25-20(26)19-13-23-21(24-15(19)2)22-12-16-5-4-6-18(11-16)27-3/h4-11,13H,12H2,1-3H3,(H,25,26)(H,22,23,24). The molecule has 0 radical (unpaired) electrons. The van der Waals surface area contributed by atoms with E-state index in [0.717, 1.165) is 22.6 Å². The molecule has 0 bridgehead atoms. The van der Waals surface area contributed by atoms with Gasteiger partial charge < -0.3 is 15.4 Å². The summed E-state index contributed by atoms with van der Waals surface area (Å²) in [5.41, 5.74) is 3.99. The molecule has 0 fully saturated rings. The van der Waals surface area contributed by atoms with Gasteiger partial charge in [-0.05, 0) is 43.7 Å². The van der Waals surface area contributed by atoms with Crippen molar-refractivity contribution in [1.82, 2.24) is 9.97 Å². The number of nitrogens with zero attached hydrogens (tertiary/aromatic N) is 2. The lowest BCUT2D eigenvalue weighted by atomic mass is 10.2. The molecule has 0 spiro atoms. The largest absolute Gasteiger partial charge is 0.497 e. The van der Waals surface area contributed by atoms with Gasteiger partial charge in [0.1, 0.15) is 5.75 Å². The highest BCUT2D eigenvalue weighted by Gasteiger charge is 2.12. The lowest BCUT2D eigenvalue weighted by molar-refractivity contribution is 0.102. The van der Waals surface area contributed by atoms with E-state index in [4.69, 9.17) is 4.74 Å². The third-order valence-electron chi connectivity index (χ3n) is 4.12. The molecule has 1 heterocycles. The van der Waals surface area contributed by atoms with Crippen molar-refractivity contribution in [3.63, 3.8) is 0 Å². The Morgan fingerprint density at radius 3 is 2.59 bits per heavy atom. The first-order chi connectivity index (χ1) is 13.0. The Hall–Kier alpha value is -3.41. The van der Waals surface area contributed by atoms with Crippen LogP contribution in [0.2, 0.25) is 0 Å². The number of carbonyl (C=O) groups excluding carboxylic acids is 1. The van der Waals surface area contributed by atoms with E-state index in [9.17, 15) is 4.79 Å². The molecule has 27 heavy (non-hydrogen) atoms. The van der Waals surface area contributed by atoms with Gasteiger partial charge in [-0.2, -0.15) is 0 Å². The molecule has 6 heteroatoms. The van der Waals surface area contributed by atoms with Gasteiger partial charge in [0, 0.05) is 18.4 Å². The van der Waals surface area contributed by atoms with Crippen LogP contribution in [0.5, 0.6) is 5.75 Å². The van der Waals surface area contributed by atoms with Crippen LogP contribution in [0.3, 0.4) is 0 Å². The fraction of sp³-hybridized carbons (Fsp3) is 0.190. The summed E-state index contributed by atoms with van der Waals surface area (Å²) in [4.78, 5) is 21.1. The van der Waals surface area contributed by atoms with E-state index in [1.54, 1.807) is 20.2 Å². The predicted molar refractivity (Wildman–Crippen MR) is 106 cm³/mol. The molecule has 2 N–H and O–H groups in total. The van der Waals surface area contributed by atoms with Crippen molar-refractivity contribution in [2.45, 2.75) is 20.4 Å². The number of rotatable bonds is 6. The first-order valence-electron chi connectivity index (χ1n) is 8.63. The van der Waals surface area contributed by atoms with Crippen LogP contribution in [0.25, 0.3) is 0 Å². The van der Waals surface area contributed by atoms with Crippen LogP contribution in [0, 0.1) is 13.8 Å². The average Bonchev–Trinajstić information content (AvgIpc) is 2.68. The van der Waals surface area contributed by atoms with Crippen LogP contribution >= 0.6 is 0 Å². The first-order valence-corrected chi connectivity index (χ1v) is 8.63. The molecule has 3 rings (SSSR count). The number of carbonyl (C=O) groups is 1. The number of aryl methyl sites for hydroxylation is 2. The molecule has 6 nitrogen and oxygen atoms in total. The number of hydrogen-bond donors (Lipinski definition) is 2. The number of anilines is 2. The van der Waals surface area contributed by atoms with E-state index in [-0.39, 0.29) is 5.91 Å². The molecular weight excluding hydrogens is 340 g/mol. The Morgan fingerprint density at radius 1 is 1.11 bits per heavy atom. The molecule has 0 saturated carbocycles. The summed E-state index contributed by atoms with van der Waals surface area (Å²) in [5, 5.41) is 6.03. The second-order valence-corrected chi connectivity index (χ2v) is 6.22. The zero-order valence-electron chi connectivity index (χ0n) is 15.6. The van der Waals surface area contributed by atoms with Crippen molar-refractivity contribution in [2.75, 3.05) is 17.7 Å². The average molecular weight is 362 g/mol. The Balaban J connectivity index is 1.65. The second kappa shape index (κ2) is 8.31. The van der Waals surface area contributed by atoms with Gasteiger partial charge >= 0.3 is 0 Å².